The van der Waals surface area contributed by atoms with E-state index < -0.39 is 5.82 Å². The van der Waals surface area contributed by atoms with Crippen molar-refractivity contribution in [1.82, 2.24) is 10.2 Å². The van der Waals surface area contributed by atoms with Crippen molar-refractivity contribution in [2.24, 2.45) is 0 Å². The summed E-state index contributed by atoms with van der Waals surface area (Å²) in [5.74, 6) is 0.193. The summed E-state index contributed by atoms with van der Waals surface area (Å²) in [6, 6.07) is 18.1. The molecule has 2 heterocycles. The zero-order chi connectivity index (χ0) is 22.5. The number of ether oxygens (including phenoxy) is 1. The van der Waals surface area contributed by atoms with Crippen LogP contribution in [0.5, 0.6) is 5.75 Å². The molecule has 1 fully saturated rings. The van der Waals surface area contributed by atoms with E-state index in [2.05, 4.69) is 38.7 Å². The van der Waals surface area contributed by atoms with Crippen LogP contribution in [0.3, 0.4) is 0 Å². The lowest BCUT2D eigenvalue weighted by Crippen LogP contribution is -2.52. The normalized spacial score (nSPS) is 16.4. The van der Waals surface area contributed by atoms with Crippen molar-refractivity contribution in [1.29, 1.82) is 0 Å². The highest BCUT2D eigenvalue weighted by atomic mass is 32.1. The average Bonchev–Trinajstić information content (AvgIpc) is 3.34. The number of anilines is 1. The summed E-state index contributed by atoms with van der Waals surface area (Å²) in [7, 11) is 1.67. The molecule has 0 spiro atoms. The number of amides is 1. The maximum absolute atomic E-state index is 13.6. The van der Waals surface area contributed by atoms with Gasteiger partial charge in [-0.15, -0.1) is 11.3 Å². The van der Waals surface area contributed by atoms with Gasteiger partial charge in [-0.3, -0.25) is 9.69 Å². The highest BCUT2D eigenvalue weighted by Crippen LogP contribution is 2.30. The van der Waals surface area contributed by atoms with Crippen molar-refractivity contribution in [3.63, 3.8) is 0 Å². The van der Waals surface area contributed by atoms with Crippen LogP contribution in [0.2, 0.25) is 0 Å². The number of hydrogen-bond donors (Lipinski definition) is 1. The number of methoxy groups -OCH3 is 1. The molecule has 168 valence electrons. The fourth-order valence-electron chi connectivity index (χ4n) is 4.25. The third-order valence-corrected chi connectivity index (χ3v) is 6.84. The summed E-state index contributed by atoms with van der Waals surface area (Å²) >= 11 is 1.70. The van der Waals surface area contributed by atoms with E-state index in [-0.39, 0.29) is 18.0 Å². The molecule has 1 N–H and O–H groups in total. The molecule has 0 bridgehead atoms. The van der Waals surface area contributed by atoms with E-state index >= 15 is 0 Å². The van der Waals surface area contributed by atoms with E-state index in [1.165, 1.54) is 22.7 Å². The van der Waals surface area contributed by atoms with Gasteiger partial charge in [0.25, 0.3) is 5.91 Å². The molecule has 0 saturated carbocycles. The Balaban J connectivity index is 1.45. The first-order valence-electron chi connectivity index (χ1n) is 10.8. The Hall–Kier alpha value is -2.90. The van der Waals surface area contributed by atoms with Crippen molar-refractivity contribution in [2.45, 2.75) is 19.0 Å². The first-order valence-corrected chi connectivity index (χ1v) is 11.7. The van der Waals surface area contributed by atoms with Gasteiger partial charge in [-0.25, -0.2) is 4.39 Å². The van der Waals surface area contributed by atoms with E-state index in [1.54, 1.807) is 30.6 Å². The topological polar surface area (TPSA) is 44.8 Å². The van der Waals surface area contributed by atoms with Gasteiger partial charge in [-0.1, -0.05) is 12.1 Å². The number of piperazine rings is 1. The molecule has 1 aromatic heterocycles. The van der Waals surface area contributed by atoms with Crippen molar-refractivity contribution < 1.29 is 13.9 Å². The Morgan fingerprint density at radius 1 is 1.06 bits per heavy atom. The average molecular weight is 454 g/mol. The molecular formula is C25H28FN3O2S. The molecule has 1 aliphatic heterocycles. The number of thiophene rings is 1. The fraction of sp³-hybridized carbons (Fsp3) is 0.320. The molecule has 5 nitrogen and oxygen atoms in total. The molecule has 1 amide bonds. The lowest BCUT2D eigenvalue weighted by atomic mass is 10.0. The summed E-state index contributed by atoms with van der Waals surface area (Å²) in [4.78, 5) is 18.8. The minimum Gasteiger partial charge on any atom is -0.497 e. The summed E-state index contributed by atoms with van der Waals surface area (Å²) in [5, 5.41) is 5.16. The van der Waals surface area contributed by atoms with Crippen LogP contribution in [-0.4, -0.2) is 50.1 Å². The van der Waals surface area contributed by atoms with Crippen LogP contribution in [-0.2, 0) is 0 Å². The third-order valence-electron chi connectivity index (χ3n) is 5.90. The first-order chi connectivity index (χ1) is 15.5. The monoisotopic (exact) mass is 453 g/mol. The van der Waals surface area contributed by atoms with Crippen molar-refractivity contribution in [3.05, 3.63) is 82.3 Å². The molecule has 32 heavy (non-hydrogen) atoms. The summed E-state index contributed by atoms with van der Waals surface area (Å²) in [5.41, 5.74) is 1.52. The maximum atomic E-state index is 13.6. The van der Waals surface area contributed by atoms with Gasteiger partial charge in [0.1, 0.15) is 11.6 Å². The quantitative estimate of drug-likeness (QED) is 0.569. The van der Waals surface area contributed by atoms with Crippen LogP contribution in [0.15, 0.2) is 66.0 Å². The van der Waals surface area contributed by atoms with Crippen molar-refractivity contribution in [3.8, 4) is 5.75 Å². The molecule has 4 rings (SSSR count). The number of carbonyl (C=O) groups excluding carboxylic acids is 1. The maximum Gasteiger partial charge on any atom is 0.251 e. The summed E-state index contributed by atoms with van der Waals surface area (Å²) in [6.45, 7) is 5.60. The highest BCUT2D eigenvalue weighted by Gasteiger charge is 2.31. The number of halogens is 1. The van der Waals surface area contributed by atoms with Crippen molar-refractivity contribution in [2.75, 3.05) is 38.2 Å². The minimum absolute atomic E-state index is 0.0607. The lowest BCUT2D eigenvalue weighted by Gasteiger charge is -2.42. The predicted octanol–water partition coefficient (Wildman–Crippen LogP) is 4.58. The lowest BCUT2D eigenvalue weighted by molar-refractivity contribution is 0.0890. The molecule has 3 aromatic rings. The Morgan fingerprint density at radius 3 is 2.44 bits per heavy atom. The van der Waals surface area contributed by atoms with Crippen LogP contribution in [0, 0.1) is 5.82 Å². The Kier molecular flexibility index (Phi) is 7.07. The summed E-state index contributed by atoms with van der Waals surface area (Å²) in [6.07, 6.45) is 0. The second-order valence-corrected chi connectivity index (χ2v) is 8.93. The van der Waals surface area contributed by atoms with Crippen LogP contribution >= 0.6 is 11.3 Å². The van der Waals surface area contributed by atoms with Crippen LogP contribution < -0.4 is 15.0 Å². The first kappa shape index (κ1) is 22.3. The third kappa shape index (κ3) is 5.11. The number of carbonyl (C=O) groups is 1. The predicted molar refractivity (Wildman–Crippen MR) is 127 cm³/mol. The molecule has 1 aliphatic rings. The smallest absolute Gasteiger partial charge is 0.251 e. The molecule has 0 aliphatic carbocycles. The van der Waals surface area contributed by atoms with Crippen LogP contribution in [0.4, 0.5) is 10.1 Å². The number of nitrogens with zero attached hydrogens (tertiary/aromatic N) is 2. The molecule has 0 radical (unpaired) electrons. The zero-order valence-corrected chi connectivity index (χ0v) is 19.1. The zero-order valence-electron chi connectivity index (χ0n) is 18.3. The van der Waals surface area contributed by atoms with E-state index in [0.29, 0.717) is 5.56 Å². The molecule has 2 aromatic carbocycles. The van der Waals surface area contributed by atoms with E-state index in [9.17, 15) is 9.18 Å². The number of hydrogen-bond acceptors (Lipinski definition) is 5. The molecular weight excluding hydrogens is 425 g/mol. The van der Waals surface area contributed by atoms with Gasteiger partial charge >= 0.3 is 0 Å². The van der Waals surface area contributed by atoms with Gasteiger partial charge in [0.15, 0.2) is 0 Å². The van der Waals surface area contributed by atoms with E-state index in [4.69, 9.17) is 4.74 Å². The van der Waals surface area contributed by atoms with Gasteiger partial charge in [-0.05, 0) is 60.8 Å². The second kappa shape index (κ2) is 10.1. The van der Waals surface area contributed by atoms with Crippen molar-refractivity contribution >= 4 is 22.9 Å². The SMILES string of the molecule is COc1ccc(N2CCN(C(c3cccs3)C(C)NC(=O)c3cccc(F)c3)CC2)cc1. The fourth-order valence-corrected chi connectivity index (χ4v) is 5.22. The Labute approximate surface area is 192 Å². The minimum atomic E-state index is -0.408. The number of nitrogens with one attached hydrogen (secondary N) is 1. The van der Waals surface area contributed by atoms with E-state index in [1.807, 2.05) is 25.1 Å². The molecule has 7 heteroatoms. The summed E-state index contributed by atoms with van der Waals surface area (Å²) < 4.78 is 18.8. The molecule has 2 unspecified atom stereocenters. The highest BCUT2D eigenvalue weighted by molar-refractivity contribution is 7.10. The molecule has 1 saturated heterocycles. The van der Waals surface area contributed by atoms with Gasteiger partial charge in [0.05, 0.1) is 13.2 Å². The number of rotatable bonds is 7. The van der Waals surface area contributed by atoms with Gasteiger partial charge in [-0.2, -0.15) is 0 Å². The number of benzene rings is 2. The largest absolute Gasteiger partial charge is 0.497 e. The van der Waals surface area contributed by atoms with Gasteiger partial charge in [0.2, 0.25) is 0 Å². The molecule has 2 atom stereocenters. The standard InChI is InChI=1S/C25H28FN3O2S/c1-18(27-25(30)19-5-3-6-20(26)17-19)24(23-7-4-16-32-23)29-14-12-28(13-15-29)21-8-10-22(31-2)11-9-21/h3-11,16-18,24H,12-15H2,1-2H3,(H,27,30). The van der Waals surface area contributed by atoms with Crippen LogP contribution in [0.1, 0.15) is 28.2 Å². The Morgan fingerprint density at radius 2 is 1.81 bits per heavy atom. The van der Waals surface area contributed by atoms with E-state index in [0.717, 1.165) is 31.9 Å². The van der Waals surface area contributed by atoms with Gasteiger partial charge < -0.3 is 15.0 Å². The van der Waals surface area contributed by atoms with Gasteiger partial charge in [0, 0.05) is 48.3 Å². The second-order valence-electron chi connectivity index (χ2n) is 7.95. The Bertz CT molecular complexity index is 1020. The van der Waals surface area contributed by atoms with Crippen LogP contribution in [0.25, 0.3) is 0 Å².